The number of piperidine rings is 1. The summed E-state index contributed by atoms with van der Waals surface area (Å²) < 4.78 is 5.85. The molecule has 1 atom stereocenters. The fourth-order valence-corrected chi connectivity index (χ4v) is 4.71. The number of hydrogen-bond acceptors (Lipinski definition) is 7. The van der Waals surface area contributed by atoms with Crippen LogP contribution in [0.4, 0.5) is 0 Å². The van der Waals surface area contributed by atoms with Crippen LogP contribution in [0.1, 0.15) is 25.7 Å². The van der Waals surface area contributed by atoms with Gasteiger partial charge in [0, 0.05) is 31.7 Å². The average molecular weight is 362 g/mol. The molecule has 2 aliphatic heterocycles. The van der Waals surface area contributed by atoms with Crippen molar-refractivity contribution in [3.05, 3.63) is 23.4 Å². The van der Waals surface area contributed by atoms with Gasteiger partial charge in [-0.2, -0.15) is 0 Å². The lowest BCUT2D eigenvalue weighted by Gasteiger charge is -2.45. The minimum Gasteiger partial charge on any atom is -0.419 e. The number of aromatic nitrogens is 2. The summed E-state index contributed by atoms with van der Waals surface area (Å²) in [6.07, 6.45) is 2.60. The van der Waals surface area contributed by atoms with Crippen LogP contribution in [0.15, 0.2) is 21.9 Å². The van der Waals surface area contributed by atoms with Crippen LogP contribution in [-0.4, -0.2) is 76.8 Å². The molecule has 2 saturated heterocycles. The molecular formula is C18H27N5OS. The summed E-state index contributed by atoms with van der Waals surface area (Å²) >= 11 is 1.63. The maximum atomic E-state index is 5.85. The molecule has 0 radical (unpaired) electrons. The van der Waals surface area contributed by atoms with Crippen molar-refractivity contribution in [2.24, 2.45) is 0 Å². The van der Waals surface area contributed by atoms with E-state index in [2.05, 4.69) is 38.9 Å². The molecule has 0 N–H and O–H groups in total. The lowest BCUT2D eigenvalue weighted by molar-refractivity contribution is 0.0201. The number of rotatable bonds is 4. The third-order valence-corrected chi connectivity index (χ3v) is 6.34. The van der Waals surface area contributed by atoms with Gasteiger partial charge < -0.3 is 9.32 Å². The van der Waals surface area contributed by atoms with Crippen LogP contribution >= 0.6 is 11.3 Å². The smallest absolute Gasteiger partial charge is 0.257 e. The summed E-state index contributed by atoms with van der Waals surface area (Å²) in [6, 6.07) is 5.36. The largest absolute Gasteiger partial charge is 0.419 e. The van der Waals surface area contributed by atoms with Crippen LogP contribution in [-0.2, 0) is 6.54 Å². The molecule has 7 heteroatoms. The highest BCUT2D eigenvalue weighted by Crippen LogP contribution is 2.25. The minimum absolute atomic E-state index is 0.585. The van der Waals surface area contributed by atoms with Gasteiger partial charge in [0.25, 0.3) is 5.89 Å². The molecule has 2 aromatic heterocycles. The van der Waals surface area contributed by atoms with E-state index in [0.717, 1.165) is 43.0 Å². The normalized spacial score (nSPS) is 24.8. The van der Waals surface area contributed by atoms with Crippen molar-refractivity contribution in [3.63, 3.8) is 0 Å². The molecule has 0 bridgehead atoms. The van der Waals surface area contributed by atoms with Crippen molar-refractivity contribution >= 4 is 11.3 Å². The third-order valence-electron chi connectivity index (χ3n) is 5.48. The Hall–Kier alpha value is -1.28. The van der Waals surface area contributed by atoms with E-state index in [-0.39, 0.29) is 0 Å². The summed E-state index contributed by atoms with van der Waals surface area (Å²) in [7, 11) is 2.23. The quantitative estimate of drug-likeness (QED) is 0.833. The molecule has 0 spiro atoms. The zero-order chi connectivity index (χ0) is 17.2. The molecule has 4 rings (SSSR count). The molecule has 0 amide bonds. The zero-order valence-electron chi connectivity index (χ0n) is 15.1. The van der Waals surface area contributed by atoms with Crippen molar-refractivity contribution in [1.29, 1.82) is 0 Å². The van der Waals surface area contributed by atoms with Crippen LogP contribution in [0.5, 0.6) is 0 Å². The minimum atomic E-state index is 0.585. The van der Waals surface area contributed by atoms with Gasteiger partial charge >= 0.3 is 0 Å². The number of thiophene rings is 1. The molecule has 4 heterocycles. The van der Waals surface area contributed by atoms with E-state index in [0.29, 0.717) is 11.9 Å². The molecule has 2 aromatic rings. The van der Waals surface area contributed by atoms with E-state index in [9.17, 15) is 0 Å². The highest BCUT2D eigenvalue weighted by Gasteiger charge is 2.31. The number of likely N-dealkylation sites (tertiary alicyclic amines) is 1. The fourth-order valence-electron chi connectivity index (χ4n) is 4.07. The van der Waals surface area contributed by atoms with E-state index < -0.39 is 0 Å². The Balaban J connectivity index is 1.32. The number of hydrogen-bond donors (Lipinski definition) is 0. The lowest BCUT2D eigenvalue weighted by Crippen LogP contribution is -2.57. The van der Waals surface area contributed by atoms with Gasteiger partial charge in [0.2, 0.25) is 5.89 Å². The van der Waals surface area contributed by atoms with Crippen molar-refractivity contribution in [3.8, 4) is 10.8 Å². The standard InChI is InChI=1S/C18H27N5OS/c1-14-12-22(9-10-23(14)15-5-7-21(2)8-6-15)13-17-19-20-18(24-17)16-4-3-11-25-16/h3-4,11,14-15H,5-10,12-13H2,1-2H3/t14-/m1/s1. The second-order valence-electron chi connectivity index (χ2n) is 7.33. The Bertz CT molecular complexity index is 665. The third kappa shape index (κ3) is 3.95. The Kier molecular flexibility index (Phi) is 5.17. The van der Waals surface area contributed by atoms with Gasteiger partial charge in [0.15, 0.2) is 0 Å². The van der Waals surface area contributed by atoms with E-state index in [1.54, 1.807) is 11.3 Å². The predicted octanol–water partition coefficient (Wildman–Crippen LogP) is 2.40. The van der Waals surface area contributed by atoms with E-state index in [4.69, 9.17) is 4.42 Å². The molecule has 2 fully saturated rings. The molecule has 0 saturated carbocycles. The van der Waals surface area contributed by atoms with Gasteiger partial charge in [-0.15, -0.1) is 21.5 Å². The maximum Gasteiger partial charge on any atom is 0.257 e. The Morgan fingerprint density at radius 3 is 2.76 bits per heavy atom. The molecule has 2 aliphatic rings. The van der Waals surface area contributed by atoms with Crippen LogP contribution in [0.2, 0.25) is 0 Å². The first-order valence-electron chi connectivity index (χ1n) is 9.22. The Labute approximate surface area is 153 Å². The van der Waals surface area contributed by atoms with E-state index in [1.807, 2.05) is 17.5 Å². The Morgan fingerprint density at radius 1 is 1.20 bits per heavy atom. The summed E-state index contributed by atoms with van der Waals surface area (Å²) in [5.41, 5.74) is 0. The van der Waals surface area contributed by atoms with Crippen molar-refractivity contribution in [2.45, 2.75) is 38.4 Å². The summed E-state index contributed by atoms with van der Waals surface area (Å²) in [6.45, 7) is 8.85. The number of piperazine rings is 1. The first kappa shape index (κ1) is 17.1. The molecular weight excluding hydrogens is 334 g/mol. The van der Waals surface area contributed by atoms with Crippen molar-refractivity contribution in [2.75, 3.05) is 39.8 Å². The van der Waals surface area contributed by atoms with Crippen molar-refractivity contribution < 1.29 is 4.42 Å². The van der Waals surface area contributed by atoms with Gasteiger partial charge in [-0.3, -0.25) is 9.80 Å². The molecule has 0 unspecified atom stereocenters. The van der Waals surface area contributed by atoms with Crippen LogP contribution in [0.3, 0.4) is 0 Å². The number of nitrogens with zero attached hydrogens (tertiary/aromatic N) is 5. The average Bonchev–Trinajstić information content (AvgIpc) is 3.27. The molecule has 6 nitrogen and oxygen atoms in total. The summed E-state index contributed by atoms with van der Waals surface area (Å²) in [5.74, 6) is 1.37. The van der Waals surface area contributed by atoms with Crippen LogP contribution in [0.25, 0.3) is 10.8 Å². The second kappa shape index (κ2) is 7.53. The van der Waals surface area contributed by atoms with Gasteiger partial charge in [-0.05, 0) is 51.3 Å². The lowest BCUT2D eigenvalue weighted by atomic mass is 10.0. The summed E-state index contributed by atoms with van der Waals surface area (Å²) in [5, 5.41) is 10.5. The van der Waals surface area contributed by atoms with E-state index in [1.165, 1.54) is 25.9 Å². The Morgan fingerprint density at radius 2 is 2.04 bits per heavy atom. The van der Waals surface area contributed by atoms with Crippen LogP contribution < -0.4 is 0 Å². The van der Waals surface area contributed by atoms with Gasteiger partial charge in [0.1, 0.15) is 0 Å². The second-order valence-corrected chi connectivity index (χ2v) is 8.28. The highest BCUT2D eigenvalue weighted by molar-refractivity contribution is 7.13. The van der Waals surface area contributed by atoms with Gasteiger partial charge in [0.05, 0.1) is 11.4 Å². The first-order chi connectivity index (χ1) is 12.2. The van der Waals surface area contributed by atoms with Gasteiger partial charge in [-0.25, -0.2) is 0 Å². The predicted molar refractivity (Wildman–Crippen MR) is 99.6 cm³/mol. The molecule has 25 heavy (non-hydrogen) atoms. The molecule has 0 aliphatic carbocycles. The first-order valence-corrected chi connectivity index (χ1v) is 10.1. The van der Waals surface area contributed by atoms with Gasteiger partial charge in [-0.1, -0.05) is 6.07 Å². The zero-order valence-corrected chi connectivity index (χ0v) is 15.9. The van der Waals surface area contributed by atoms with E-state index >= 15 is 0 Å². The molecule has 0 aromatic carbocycles. The SMILES string of the molecule is C[C@@H]1CN(Cc2nnc(-c3cccs3)o2)CCN1C1CCN(C)CC1. The monoisotopic (exact) mass is 361 g/mol. The maximum absolute atomic E-state index is 5.85. The summed E-state index contributed by atoms with van der Waals surface area (Å²) in [4.78, 5) is 8.65. The molecule has 136 valence electrons. The van der Waals surface area contributed by atoms with Crippen molar-refractivity contribution in [1.82, 2.24) is 24.9 Å². The highest BCUT2D eigenvalue weighted by atomic mass is 32.1. The van der Waals surface area contributed by atoms with Crippen LogP contribution in [0, 0.1) is 0 Å². The fraction of sp³-hybridized carbons (Fsp3) is 0.667. The topological polar surface area (TPSA) is 48.6 Å².